The van der Waals surface area contributed by atoms with Gasteiger partial charge in [0, 0.05) is 23.2 Å². The topological polar surface area (TPSA) is 50.4 Å². The van der Waals surface area contributed by atoms with Crippen molar-refractivity contribution in [2.24, 2.45) is 0 Å². The zero-order valence-electron chi connectivity index (χ0n) is 11.1. The number of carbonyl (C=O) groups is 1. The van der Waals surface area contributed by atoms with Gasteiger partial charge in [-0.05, 0) is 25.0 Å². The van der Waals surface area contributed by atoms with Gasteiger partial charge in [-0.15, -0.1) is 6.42 Å². The van der Waals surface area contributed by atoms with Crippen LogP contribution in [-0.2, 0) is 11.3 Å². The van der Waals surface area contributed by atoms with Gasteiger partial charge in [-0.3, -0.25) is 4.79 Å². The Morgan fingerprint density at radius 1 is 1.50 bits per heavy atom. The quantitative estimate of drug-likeness (QED) is 0.753. The molecule has 1 aliphatic carbocycles. The molecule has 4 nitrogen and oxygen atoms in total. The maximum Gasteiger partial charge on any atom is 0.258 e. The Kier molecular flexibility index (Phi) is 5.28. The highest BCUT2D eigenvalue weighted by atomic mass is 35.5. The maximum atomic E-state index is 11.5. The monoisotopic (exact) mass is 292 g/mol. The molecule has 5 heteroatoms. The Bertz CT molecular complexity index is 521. The highest BCUT2D eigenvalue weighted by Gasteiger charge is 2.21. The van der Waals surface area contributed by atoms with E-state index in [1.54, 1.807) is 6.07 Å². The van der Waals surface area contributed by atoms with E-state index in [1.807, 2.05) is 12.1 Å². The maximum absolute atomic E-state index is 11.5. The summed E-state index contributed by atoms with van der Waals surface area (Å²) in [6, 6.07) is 6.01. The molecule has 1 aromatic rings. The summed E-state index contributed by atoms with van der Waals surface area (Å²) < 4.78 is 5.52. The summed E-state index contributed by atoms with van der Waals surface area (Å²) in [5.74, 6) is 2.72. The molecule has 1 saturated carbocycles. The van der Waals surface area contributed by atoms with E-state index in [1.165, 1.54) is 12.8 Å². The third-order valence-corrected chi connectivity index (χ3v) is 3.32. The number of carbonyl (C=O) groups excluding carboxylic acids is 1. The van der Waals surface area contributed by atoms with Gasteiger partial charge in [0.15, 0.2) is 6.61 Å². The lowest BCUT2D eigenvalue weighted by molar-refractivity contribution is -0.122. The predicted octanol–water partition coefficient (Wildman–Crippen LogP) is 1.72. The molecule has 106 valence electrons. The van der Waals surface area contributed by atoms with Gasteiger partial charge in [0.1, 0.15) is 5.75 Å². The van der Waals surface area contributed by atoms with Gasteiger partial charge in [-0.25, -0.2) is 0 Å². The molecule has 1 aliphatic rings. The first-order valence-corrected chi connectivity index (χ1v) is 6.92. The zero-order valence-corrected chi connectivity index (χ0v) is 11.9. The Hall–Kier alpha value is -1.70. The number of halogens is 1. The summed E-state index contributed by atoms with van der Waals surface area (Å²) in [6.07, 6.45) is 7.48. The zero-order chi connectivity index (χ0) is 14.4. The van der Waals surface area contributed by atoms with Gasteiger partial charge >= 0.3 is 0 Å². The lowest BCUT2D eigenvalue weighted by Gasteiger charge is -2.13. The van der Waals surface area contributed by atoms with Crippen LogP contribution in [-0.4, -0.2) is 25.1 Å². The molecular formula is C15H17ClN2O2. The number of hydrogen-bond acceptors (Lipinski definition) is 3. The summed E-state index contributed by atoms with van der Waals surface area (Å²) >= 11 is 6.19. The van der Waals surface area contributed by atoms with Crippen molar-refractivity contribution in [2.45, 2.75) is 25.4 Å². The van der Waals surface area contributed by atoms with Crippen molar-refractivity contribution in [1.82, 2.24) is 10.6 Å². The number of nitrogens with one attached hydrogen (secondary N) is 2. The molecule has 20 heavy (non-hydrogen) atoms. The van der Waals surface area contributed by atoms with Crippen molar-refractivity contribution in [1.29, 1.82) is 0 Å². The number of terminal acetylenes is 1. The number of rotatable bonds is 7. The lowest BCUT2D eigenvalue weighted by Crippen LogP contribution is -2.29. The van der Waals surface area contributed by atoms with Gasteiger partial charge in [0.05, 0.1) is 6.54 Å². The molecule has 2 N–H and O–H groups in total. The fraction of sp³-hybridized carbons (Fsp3) is 0.400. The van der Waals surface area contributed by atoms with Crippen molar-refractivity contribution in [3.8, 4) is 18.1 Å². The van der Waals surface area contributed by atoms with Crippen LogP contribution in [0.5, 0.6) is 5.75 Å². The third kappa shape index (κ3) is 4.44. The average molecular weight is 293 g/mol. The molecule has 0 atom stereocenters. The Morgan fingerprint density at radius 3 is 3.00 bits per heavy atom. The molecule has 0 saturated heterocycles. The van der Waals surface area contributed by atoms with E-state index in [0.29, 0.717) is 23.4 Å². The second kappa shape index (κ2) is 7.18. The van der Waals surface area contributed by atoms with Gasteiger partial charge in [-0.1, -0.05) is 23.6 Å². The minimum absolute atomic E-state index is 0.0710. The fourth-order valence-electron chi connectivity index (χ4n) is 1.72. The molecule has 2 rings (SSSR count). The highest BCUT2D eigenvalue weighted by molar-refractivity contribution is 6.31. The summed E-state index contributed by atoms with van der Waals surface area (Å²) in [6.45, 7) is 0.776. The number of benzene rings is 1. The second-order valence-corrected chi connectivity index (χ2v) is 5.05. The molecule has 0 aliphatic heterocycles. The minimum atomic E-state index is -0.246. The average Bonchev–Trinajstić information content (AvgIpc) is 3.26. The van der Waals surface area contributed by atoms with Crippen LogP contribution in [0.15, 0.2) is 18.2 Å². The van der Waals surface area contributed by atoms with E-state index in [9.17, 15) is 4.79 Å². The van der Waals surface area contributed by atoms with Crippen molar-refractivity contribution >= 4 is 17.5 Å². The number of ether oxygens (including phenoxy) is 1. The Labute approximate surface area is 123 Å². The van der Waals surface area contributed by atoms with E-state index in [-0.39, 0.29) is 19.1 Å². The Morgan fingerprint density at radius 2 is 2.30 bits per heavy atom. The first kappa shape index (κ1) is 14.7. The smallest absolute Gasteiger partial charge is 0.258 e. The molecule has 0 radical (unpaired) electrons. The van der Waals surface area contributed by atoms with Crippen LogP contribution in [0.3, 0.4) is 0 Å². The Balaban J connectivity index is 1.93. The largest absolute Gasteiger partial charge is 0.483 e. The van der Waals surface area contributed by atoms with E-state index >= 15 is 0 Å². The van der Waals surface area contributed by atoms with Crippen LogP contribution < -0.4 is 15.4 Å². The molecule has 0 heterocycles. The fourth-order valence-corrected chi connectivity index (χ4v) is 1.96. The van der Waals surface area contributed by atoms with Crippen LogP contribution in [0, 0.1) is 12.3 Å². The number of amides is 1. The van der Waals surface area contributed by atoms with Crippen molar-refractivity contribution in [3.05, 3.63) is 28.8 Å². The summed E-state index contributed by atoms with van der Waals surface area (Å²) in [5, 5.41) is 6.57. The summed E-state index contributed by atoms with van der Waals surface area (Å²) in [5.41, 5.74) is 0.880. The molecule has 0 unspecified atom stereocenters. The van der Waals surface area contributed by atoms with E-state index in [4.69, 9.17) is 22.8 Å². The standard InChI is InChI=1S/C15H17ClN2O2/c1-2-8-17-15(19)10-20-14-5-3-4-13(16)12(14)9-18-11-6-7-11/h1,3-5,11,18H,6-10H2,(H,17,19). The van der Waals surface area contributed by atoms with Crippen LogP contribution in [0.1, 0.15) is 18.4 Å². The summed E-state index contributed by atoms with van der Waals surface area (Å²) in [7, 11) is 0. The van der Waals surface area contributed by atoms with E-state index in [2.05, 4.69) is 16.6 Å². The van der Waals surface area contributed by atoms with Crippen molar-refractivity contribution in [2.75, 3.05) is 13.2 Å². The second-order valence-electron chi connectivity index (χ2n) is 4.64. The van der Waals surface area contributed by atoms with Gasteiger partial charge in [-0.2, -0.15) is 0 Å². The molecule has 1 fully saturated rings. The lowest BCUT2D eigenvalue weighted by atomic mass is 10.2. The third-order valence-electron chi connectivity index (χ3n) is 2.97. The summed E-state index contributed by atoms with van der Waals surface area (Å²) in [4.78, 5) is 11.5. The van der Waals surface area contributed by atoms with E-state index < -0.39 is 0 Å². The van der Waals surface area contributed by atoms with Crippen molar-refractivity contribution in [3.63, 3.8) is 0 Å². The number of hydrogen-bond donors (Lipinski definition) is 2. The molecular weight excluding hydrogens is 276 g/mol. The van der Waals surface area contributed by atoms with Crippen LogP contribution in [0.25, 0.3) is 0 Å². The van der Waals surface area contributed by atoms with Gasteiger partial charge < -0.3 is 15.4 Å². The minimum Gasteiger partial charge on any atom is -0.483 e. The molecule has 0 aromatic heterocycles. The molecule has 1 aromatic carbocycles. The normalized spacial score (nSPS) is 13.6. The SMILES string of the molecule is C#CCNC(=O)COc1cccc(Cl)c1CNC1CC1. The van der Waals surface area contributed by atoms with Crippen LogP contribution in [0.2, 0.25) is 5.02 Å². The van der Waals surface area contributed by atoms with Gasteiger partial charge in [0.25, 0.3) is 5.91 Å². The predicted molar refractivity (Wildman–Crippen MR) is 78.7 cm³/mol. The van der Waals surface area contributed by atoms with Gasteiger partial charge in [0.2, 0.25) is 0 Å². The van der Waals surface area contributed by atoms with Crippen LogP contribution >= 0.6 is 11.6 Å². The van der Waals surface area contributed by atoms with Crippen LogP contribution in [0.4, 0.5) is 0 Å². The molecule has 1 amide bonds. The van der Waals surface area contributed by atoms with E-state index in [0.717, 1.165) is 5.56 Å². The molecule has 0 bridgehead atoms. The molecule has 0 spiro atoms. The van der Waals surface area contributed by atoms with Crippen molar-refractivity contribution < 1.29 is 9.53 Å². The first-order valence-electron chi connectivity index (χ1n) is 6.54. The highest BCUT2D eigenvalue weighted by Crippen LogP contribution is 2.28. The first-order chi connectivity index (χ1) is 9.70.